The first-order valence-electron chi connectivity index (χ1n) is 11.0. The van der Waals surface area contributed by atoms with Gasteiger partial charge in [0.15, 0.2) is 11.6 Å². The zero-order chi connectivity index (χ0) is 20.4. The monoisotopic (exact) mass is 396 g/mol. The molecule has 0 amide bonds. The van der Waals surface area contributed by atoms with Crippen LogP contribution in [0.5, 0.6) is 5.75 Å². The van der Waals surface area contributed by atoms with Crippen molar-refractivity contribution in [2.75, 3.05) is 7.11 Å². The summed E-state index contributed by atoms with van der Waals surface area (Å²) in [4.78, 5) is 0. The molecule has 0 heterocycles. The molecule has 0 saturated heterocycles. The van der Waals surface area contributed by atoms with Gasteiger partial charge in [0.25, 0.3) is 0 Å². The number of halogens is 2. The van der Waals surface area contributed by atoms with Gasteiger partial charge in [0.05, 0.1) is 7.11 Å². The molecular formula is C26H30F2O. The highest BCUT2D eigenvalue weighted by molar-refractivity contribution is 5.85. The van der Waals surface area contributed by atoms with Crippen molar-refractivity contribution in [1.82, 2.24) is 0 Å². The molecule has 1 saturated carbocycles. The zero-order valence-corrected chi connectivity index (χ0v) is 17.4. The van der Waals surface area contributed by atoms with Crippen molar-refractivity contribution >= 4 is 11.6 Å². The molecule has 2 aromatic rings. The van der Waals surface area contributed by atoms with Crippen molar-refractivity contribution in [3.8, 4) is 5.75 Å². The van der Waals surface area contributed by atoms with Crippen molar-refractivity contribution in [2.24, 2.45) is 5.92 Å². The van der Waals surface area contributed by atoms with Crippen molar-refractivity contribution in [1.29, 1.82) is 0 Å². The number of aryl methyl sites for hydroxylation is 1. The normalized spacial score (nSPS) is 21.4. The van der Waals surface area contributed by atoms with E-state index in [-0.39, 0.29) is 17.4 Å². The molecule has 2 aliphatic rings. The van der Waals surface area contributed by atoms with E-state index in [2.05, 4.69) is 13.0 Å². The second kappa shape index (κ2) is 8.69. The third-order valence-corrected chi connectivity index (χ3v) is 6.76. The molecule has 154 valence electrons. The zero-order valence-electron chi connectivity index (χ0n) is 17.4. The Morgan fingerprint density at radius 2 is 1.76 bits per heavy atom. The van der Waals surface area contributed by atoms with E-state index in [1.807, 2.05) is 12.1 Å². The maximum atomic E-state index is 15.0. The van der Waals surface area contributed by atoms with E-state index < -0.39 is 0 Å². The van der Waals surface area contributed by atoms with Gasteiger partial charge in [0.1, 0.15) is 5.82 Å². The predicted octanol–water partition coefficient (Wildman–Crippen LogP) is 7.53. The van der Waals surface area contributed by atoms with E-state index in [1.165, 1.54) is 51.7 Å². The number of methoxy groups -OCH3 is 1. The maximum Gasteiger partial charge on any atom is 0.165 e. The van der Waals surface area contributed by atoms with Crippen LogP contribution in [0.2, 0.25) is 0 Å². The number of hydrogen-bond donors (Lipinski definition) is 0. The molecular weight excluding hydrogens is 366 g/mol. The number of rotatable bonds is 5. The number of benzene rings is 2. The van der Waals surface area contributed by atoms with Crippen LogP contribution in [0.25, 0.3) is 11.6 Å². The molecule has 0 spiro atoms. The van der Waals surface area contributed by atoms with Gasteiger partial charge in [0.2, 0.25) is 0 Å². The van der Waals surface area contributed by atoms with Crippen LogP contribution in [-0.2, 0) is 6.42 Å². The summed E-state index contributed by atoms with van der Waals surface area (Å²) in [6.45, 7) is 2.25. The Morgan fingerprint density at radius 3 is 2.45 bits per heavy atom. The second-order valence-electron chi connectivity index (χ2n) is 8.60. The summed E-state index contributed by atoms with van der Waals surface area (Å²) in [6.07, 6.45) is 10.9. The Morgan fingerprint density at radius 1 is 0.966 bits per heavy atom. The Labute approximate surface area is 172 Å². The Hall–Kier alpha value is -2.16. The lowest BCUT2D eigenvalue weighted by molar-refractivity contribution is 0.308. The molecule has 29 heavy (non-hydrogen) atoms. The fourth-order valence-electron chi connectivity index (χ4n) is 5.10. The van der Waals surface area contributed by atoms with Crippen molar-refractivity contribution in [2.45, 2.75) is 64.2 Å². The van der Waals surface area contributed by atoms with Gasteiger partial charge < -0.3 is 4.74 Å². The number of hydrogen-bond acceptors (Lipinski definition) is 1. The quantitative estimate of drug-likeness (QED) is 0.507. The molecule has 1 fully saturated rings. The van der Waals surface area contributed by atoms with Crippen molar-refractivity contribution < 1.29 is 13.5 Å². The first-order valence-corrected chi connectivity index (χ1v) is 11.0. The van der Waals surface area contributed by atoms with Crippen LogP contribution in [0.4, 0.5) is 8.78 Å². The van der Waals surface area contributed by atoms with Crippen LogP contribution in [0.1, 0.15) is 80.0 Å². The minimum absolute atomic E-state index is 0.151. The second-order valence-corrected chi connectivity index (χ2v) is 8.60. The predicted molar refractivity (Wildman–Crippen MR) is 115 cm³/mol. The molecule has 0 N–H and O–H groups in total. The molecule has 0 radical (unpaired) electrons. The molecule has 0 aliphatic heterocycles. The molecule has 1 nitrogen and oxygen atoms in total. The van der Waals surface area contributed by atoms with Gasteiger partial charge >= 0.3 is 0 Å². The summed E-state index contributed by atoms with van der Waals surface area (Å²) in [5.74, 6) is 1.08. The van der Waals surface area contributed by atoms with E-state index >= 15 is 4.39 Å². The van der Waals surface area contributed by atoms with Crippen LogP contribution in [0, 0.1) is 17.6 Å². The fourth-order valence-corrected chi connectivity index (χ4v) is 5.10. The smallest absolute Gasteiger partial charge is 0.165 e. The third kappa shape index (κ3) is 4.24. The molecule has 0 unspecified atom stereocenters. The lowest BCUT2D eigenvalue weighted by Crippen LogP contribution is -2.13. The van der Waals surface area contributed by atoms with Gasteiger partial charge in [0, 0.05) is 5.56 Å². The Balaban J connectivity index is 1.54. The van der Waals surface area contributed by atoms with Gasteiger partial charge in [-0.1, -0.05) is 38.0 Å². The summed E-state index contributed by atoms with van der Waals surface area (Å²) in [6, 6.07) is 9.03. The van der Waals surface area contributed by atoms with Crippen LogP contribution in [0.3, 0.4) is 0 Å². The lowest BCUT2D eigenvalue weighted by atomic mass is 9.77. The van der Waals surface area contributed by atoms with E-state index in [0.29, 0.717) is 11.5 Å². The third-order valence-electron chi connectivity index (χ3n) is 6.76. The van der Waals surface area contributed by atoms with Crippen LogP contribution in [-0.4, -0.2) is 7.11 Å². The van der Waals surface area contributed by atoms with E-state index in [0.717, 1.165) is 41.0 Å². The average molecular weight is 397 g/mol. The van der Waals surface area contributed by atoms with Crippen molar-refractivity contribution in [3.63, 3.8) is 0 Å². The molecule has 0 aromatic heterocycles. The first-order chi connectivity index (χ1) is 14.1. The summed E-state index contributed by atoms with van der Waals surface area (Å²) < 4.78 is 34.2. The highest BCUT2D eigenvalue weighted by atomic mass is 19.1. The van der Waals surface area contributed by atoms with Gasteiger partial charge in [-0.15, -0.1) is 0 Å². The summed E-state index contributed by atoms with van der Waals surface area (Å²) in [5.41, 5.74) is 4.59. The van der Waals surface area contributed by atoms with Crippen LogP contribution < -0.4 is 4.74 Å². The van der Waals surface area contributed by atoms with Crippen LogP contribution >= 0.6 is 0 Å². The fraction of sp³-hybridized carbons (Fsp3) is 0.462. The molecule has 3 heteroatoms. The maximum absolute atomic E-state index is 15.0. The van der Waals surface area contributed by atoms with Gasteiger partial charge in [-0.3, -0.25) is 0 Å². The highest BCUT2D eigenvalue weighted by Crippen LogP contribution is 2.39. The van der Waals surface area contributed by atoms with Gasteiger partial charge in [-0.05, 0) is 90.8 Å². The first kappa shape index (κ1) is 20.1. The SMILES string of the molecule is CCCC1CCC(c2ccc(C3=Cc4cc(F)c(OC)cc4CC3)c(F)c2)CC1. The molecule has 0 atom stereocenters. The number of ether oxygens (including phenoxy) is 1. The molecule has 4 rings (SSSR count). The summed E-state index contributed by atoms with van der Waals surface area (Å²) >= 11 is 0. The number of allylic oxidation sites excluding steroid dienone is 1. The van der Waals surface area contributed by atoms with E-state index in [9.17, 15) is 4.39 Å². The molecule has 0 bridgehead atoms. The largest absolute Gasteiger partial charge is 0.494 e. The van der Waals surface area contributed by atoms with Crippen molar-refractivity contribution in [3.05, 3.63) is 64.2 Å². The van der Waals surface area contributed by atoms with E-state index in [4.69, 9.17) is 4.74 Å². The molecule has 2 aromatic carbocycles. The minimum atomic E-state index is -0.377. The standard InChI is InChI=1S/C26H30F2O/c1-3-4-17-5-7-18(8-6-17)19-11-12-23(24(27)14-19)21-10-9-20-16-26(29-2)25(28)15-22(20)13-21/h11-18H,3-10H2,1-2H3. The summed E-state index contributed by atoms with van der Waals surface area (Å²) in [5, 5.41) is 0. The minimum Gasteiger partial charge on any atom is -0.494 e. The van der Waals surface area contributed by atoms with Gasteiger partial charge in [-0.25, -0.2) is 8.78 Å². The highest BCUT2D eigenvalue weighted by Gasteiger charge is 2.23. The lowest BCUT2D eigenvalue weighted by Gasteiger charge is -2.29. The van der Waals surface area contributed by atoms with Crippen LogP contribution in [0.15, 0.2) is 30.3 Å². The Kier molecular flexibility index (Phi) is 6.03. The molecule has 2 aliphatic carbocycles. The topological polar surface area (TPSA) is 9.23 Å². The average Bonchev–Trinajstić information content (AvgIpc) is 2.73. The van der Waals surface area contributed by atoms with E-state index in [1.54, 1.807) is 12.1 Å². The van der Waals surface area contributed by atoms with Gasteiger partial charge in [-0.2, -0.15) is 0 Å². The number of fused-ring (bicyclic) bond motifs is 1. The summed E-state index contributed by atoms with van der Waals surface area (Å²) in [7, 11) is 1.47. The Bertz CT molecular complexity index is 907.